The maximum Gasteiger partial charge on any atom is 0.338 e. The van der Waals surface area contributed by atoms with Crippen LogP contribution in [0.5, 0.6) is 0 Å². The van der Waals surface area contributed by atoms with E-state index in [2.05, 4.69) is 15.2 Å². The van der Waals surface area contributed by atoms with Crippen LogP contribution in [-0.4, -0.2) is 47.8 Å². The zero-order chi connectivity index (χ0) is 21.8. The first-order valence-electron chi connectivity index (χ1n) is 10.3. The summed E-state index contributed by atoms with van der Waals surface area (Å²) in [5, 5.41) is 4.54. The van der Waals surface area contributed by atoms with Gasteiger partial charge in [0.1, 0.15) is 10.6 Å². The molecule has 0 saturated carbocycles. The summed E-state index contributed by atoms with van der Waals surface area (Å²) in [7, 11) is 0. The van der Waals surface area contributed by atoms with Crippen molar-refractivity contribution in [3.63, 3.8) is 0 Å². The number of thioether (sulfide) groups is 1. The lowest BCUT2D eigenvalue weighted by Gasteiger charge is -2.28. The predicted molar refractivity (Wildman–Crippen MR) is 126 cm³/mol. The summed E-state index contributed by atoms with van der Waals surface area (Å²) in [4.78, 5) is 37.7. The topological polar surface area (TPSA) is 84.4 Å². The van der Waals surface area contributed by atoms with E-state index in [0.717, 1.165) is 47.1 Å². The molecule has 31 heavy (non-hydrogen) atoms. The van der Waals surface area contributed by atoms with Crippen LogP contribution in [0.4, 0.5) is 11.5 Å². The van der Waals surface area contributed by atoms with E-state index < -0.39 is 0 Å². The van der Waals surface area contributed by atoms with Gasteiger partial charge in [0.05, 0.1) is 22.4 Å². The Hall–Kier alpha value is -2.65. The summed E-state index contributed by atoms with van der Waals surface area (Å²) in [5.41, 5.74) is 1.07. The van der Waals surface area contributed by atoms with Gasteiger partial charge in [-0.15, -0.1) is 11.3 Å². The number of carbonyl (C=O) groups is 2. The highest BCUT2D eigenvalue weighted by Gasteiger charge is 2.21. The molecule has 0 aliphatic carbocycles. The molecule has 2 aromatic heterocycles. The zero-order valence-corrected chi connectivity index (χ0v) is 19.1. The molecule has 3 aromatic rings. The number of carbonyl (C=O) groups excluding carboxylic acids is 2. The van der Waals surface area contributed by atoms with Crippen LogP contribution in [0.2, 0.25) is 0 Å². The molecule has 0 bridgehead atoms. The Morgan fingerprint density at radius 2 is 1.90 bits per heavy atom. The third-order valence-electron chi connectivity index (χ3n) is 5.07. The molecule has 1 fully saturated rings. The first kappa shape index (κ1) is 21.6. The van der Waals surface area contributed by atoms with Gasteiger partial charge in [-0.3, -0.25) is 4.79 Å². The molecule has 1 aromatic carbocycles. The van der Waals surface area contributed by atoms with Crippen molar-refractivity contribution in [3.8, 4) is 0 Å². The number of thiophene rings is 1. The van der Waals surface area contributed by atoms with Crippen molar-refractivity contribution in [2.24, 2.45) is 0 Å². The van der Waals surface area contributed by atoms with Crippen molar-refractivity contribution in [2.75, 3.05) is 36.2 Å². The summed E-state index contributed by atoms with van der Waals surface area (Å²) < 4.78 is 4.99. The number of rotatable bonds is 6. The van der Waals surface area contributed by atoms with Gasteiger partial charge in [0.25, 0.3) is 5.91 Å². The molecule has 162 valence electrons. The number of nitrogens with one attached hydrogen (secondary N) is 1. The molecule has 1 N–H and O–H groups in total. The fourth-order valence-electron chi connectivity index (χ4n) is 3.53. The van der Waals surface area contributed by atoms with Crippen molar-refractivity contribution < 1.29 is 14.3 Å². The average molecular weight is 457 g/mol. The highest BCUT2D eigenvalue weighted by molar-refractivity contribution is 7.98. The maximum absolute atomic E-state index is 12.9. The number of aromatic nitrogens is 2. The predicted octanol–water partition coefficient (Wildman–Crippen LogP) is 4.83. The number of benzene rings is 1. The van der Waals surface area contributed by atoms with Crippen molar-refractivity contribution in [1.82, 2.24) is 9.97 Å². The summed E-state index contributed by atoms with van der Waals surface area (Å²) in [6, 6.07) is 8.56. The van der Waals surface area contributed by atoms with E-state index in [-0.39, 0.29) is 11.9 Å². The van der Waals surface area contributed by atoms with E-state index in [1.54, 1.807) is 31.2 Å². The van der Waals surface area contributed by atoms with Crippen LogP contribution in [0.3, 0.4) is 0 Å². The quantitative estimate of drug-likeness (QED) is 0.323. The Kier molecular flexibility index (Phi) is 6.72. The van der Waals surface area contributed by atoms with E-state index in [1.165, 1.54) is 29.5 Å². The summed E-state index contributed by atoms with van der Waals surface area (Å²) >= 11 is 2.88. The van der Waals surface area contributed by atoms with Gasteiger partial charge in [0, 0.05) is 18.8 Å². The van der Waals surface area contributed by atoms with E-state index in [0.29, 0.717) is 22.7 Å². The normalized spacial score (nSPS) is 13.9. The lowest BCUT2D eigenvalue weighted by atomic mass is 10.1. The van der Waals surface area contributed by atoms with Crippen molar-refractivity contribution in [2.45, 2.75) is 31.3 Å². The molecular weight excluding hydrogens is 432 g/mol. The van der Waals surface area contributed by atoms with Gasteiger partial charge in [-0.2, -0.15) is 0 Å². The first-order valence-corrected chi connectivity index (χ1v) is 12.3. The second-order valence-electron chi connectivity index (χ2n) is 7.16. The lowest BCUT2D eigenvalue weighted by Crippen LogP contribution is -2.30. The SMILES string of the molecule is CCOC(=O)c1ccc(NC(=O)c2cc3c(N4CCCCC4)nc(SC)nc3s2)cc1. The Balaban J connectivity index is 1.57. The minimum absolute atomic E-state index is 0.206. The van der Waals surface area contributed by atoms with Crippen molar-refractivity contribution in [1.29, 1.82) is 0 Å². The van der Waals surface area contributed by atoms with E-state index in [4.69, 9.17) is 9.72 Å². The Morgan fingerprint density at radius 3 is 2.58 bits per heavy atom. The molecule has 7 nitrogen and oxygen atoms in total. The number of hydrogen-bond acceptors (Lipinski definition) is 8. The molecule has 1 amide bonds. The highest BCUT2D eigenvalue weighted by atomic mass is 32.2. The van der Waals surface area contributed by atoms with Crippen LogP contribution in [-0.2, 0) is 4.74 Å². The number of anilines is 2. The number of fused-ring (bicyclic) bond motifs is 1. The smallest absolute Gasteiger partial charge is 0.338 e. The van der Waals surface area contributed by atoms with Gasteiger partial charge >= 0.3 is 5.97 Å². The molecule has 1 aliphatic rings. The molecule has 0 atom stereocenters. The van der Waals surface area contributed by atoms with Crippen LogP contribution in [0, 0.1) is 0 Å². The standard InChI is InChI=1S/C22H24N4O3S2/c1-3-29-21(28)14-7-9-15(10-8-14)23-19(27)17-13-16-18(26-11-5-4-6-12-26)24-22(30-2)25-20(16)31-17/h7-10,13H,3-6,11-12H2,1-2H3,(H,23,27). The Labute approximate surface area is 189 Å². The minimum Gasteiger partial charge on any atom is -0.462 e. The molecule has 0 radical (unpaired) electrons. The van der Waals surface area contributed by atoms with E-state index in [1.807, 2.05) is 12.3 Å². The Morgan fingerprint density at radius 1 is 1.16 bits per heavy atom. The number of hydrogen-bond donors (Lipinski definition) is 1. The molecule has 1 aliphatic heterocycles. The summed E-state index contributed by atoms with van der Waals surface area (Å²) in [6.07, 6.45) is 5.51. The monoisotopic (exact) mass is 456 g/mol. The molecule has 0 unspecified atom stereocenters. The number of nitrogens with zero attached hydrogens (tertiary/aromatic N) is 3. The minimum atomic E-state index is -0.377. The van der Waals surface area contributed by atoms with Crippen LogP contribution in [0.15, 0.2) is 35.5 Å². The van der Waals surface area contributed by atoms with Crippen LogP contribution in [0.1, 0.15) is 46.2 Å². The first-order chi connectivity index (χ1) is 15.1. The largest absolute Gasteiger partial charge is 0.462 e. The van der Waals surface area contributed by atoms with Crippen molar-refractivity contribution >= 4 is 56.7 Å². The molecule has 9 heteroatoms. The lowest BCUT2D eigenvalue weighted by molar-refractivity contribution is 0.0526. The van der Waals surface area contributed by atoms with Gasteiger partial charge in [0.2, 0.25) is 0 Å². The Bertz CT molecular complexity index is 1090. The van der Waals surface area contributed by atoms with Gasteiger partial charge in [0.15, 0.2) is 5.16 Å². The third kappa shape index (κ3) is 4.83. The number of piperidine rings is 1. The molecule has 1 saturated heterocycles. The number of ether oxygens (including phenoxy) is 1. The van der Waals surface area contributed by atoms with Crippen LogP contribution in [0.25, 0.3) is 10.2 Å². The molecule has 4 rings (SSSR count). The number of amides is 1. The second-order valence-corrected chi connectivity index (χ2v) is 8.97. The van der Waals surface area contributed by atoms with Gasteiger partial charge in [-0.05, 0) is 62.8 Å². The van der Waals surface area contributed by atoms with Gasteiger partial charge in [-0.25, -0.2) is 14.8 Å². The summed E-state index contributed by atoms with van der Waals surface area (Å²) in [6.45, 7) is 4.04. The average Bonchev–Trinajstić information content (AvgIpc) is 3.24. The van der Waals surface area contributed by atoms with Gasteiger partial charge in [-0.1, -0.05) is 11.8 Å². The third-order valence-corrected chi connectivity index (χ3v) is 6.64. The number of esters is 1. The fraction of sp³-hybridized carbons (Fsp3) is 0.364. The van der Waals surface area contributed by atoms with E-state index in [9.17, 15) is 9.59 Å². The highest BCUT2D eigenvalue weighted by Crippen LogP contribution is 2.34. The van der Waals surface area contributed by atoms with E-state index >= 15 is 0 Å². The van der Waals surface area contributed by atoms with Crippen molar-refractivity contribution in [3.05, 3.63) is 40.8 Å². The molecule has 0 spiro atoms. The molecule has 3 heterocycles. The maximum atomic E-state index is 12.9. The molecular formula is C22H24N4O3S2. The van der Waals surface area contributed by atoms with Crippen LogP contribution < -0.4 is 10.2 Å². The summed E-state index contributed by atoms with van der Waals surface area (Å²) in [5.74, 6) is 0.337. The van der Waals surface area contributed by atoms with Gasteiger partial charge < -0.3 is 15.0 Å². The fourth-order valence-corrected chi connectivity index (χ4v) is 4.87. The zero-order valence-electron chi connectivity index (χ0n) is 17.5. The second kappa shape index (κ2) is 9.65. The van der Waals surface area contributed by atoms with Crippen LogP contribution >= 0.6 is 23.1 Å².